The van der Waals surface area contributed by atoms with Gasteiger partial charge in [-0.15, -0.1) is 11.3 Å². The van der Waals surface area contributed by atoms with Crippen LogP contribution >= 0.6 is 22.9 Å². The fourth-order valence-corrected chi connectivity index (χ4v) is 4.67. The van der Waals surface area contributed by atoms with Gasteiger partial charge in [0.05, 0.1) is 18.0 Å². The van der Waals surface area contributed by atoms with Crippen molar-refractivity contribution >= 4 is 45.9 Å². The van der Waals surface area contributed by atoms with E-state index in [1.807, 2.05) is 59.6 Å². The molecule has 0 saturated heterocycles. The van der Waals surface area contributed by atoms with Gasteiger partial charge in [-0.3, -0.25) is 4.79 Å². The molecule has 5 rings (SSSR count). The second kappa shape index (κ2) is 10.1. The van der Waals surface area contributed by atoms with Crippen LogP contribution < -0.4 is 10.4 Å². The van der Waals surface area contributed by atoms with Crippen LogP contribution in [0.1, 0.15) is 39.6 Å². The summed E-state index contributed by atoms with van der Waals surface area (Å²) in [5.41, 5.74) is 6.44. The highest BCUT2D eigenvalue weighted by Crippen LogP contribution is 2.38. The predicted molar refractivity (Wildman–Crippen MR) is 140 cm³/mol. The Balaban J connectivity index is 1.37. The van der Waals surface area contributed by atoms with Gasteiger partial charge in [-0.1, -0.05) is 66.2 Å². The van der Waals surface area contributed by atoms with E-state index >= 15 is 0 Å². The van der Waals surface area contributed by atoms with Gasteiger partial charge in [-0.2, -0.15) is 10.2 Å². The van der Waals surface area contributed by atoms with E-state index in [-0.39, 0.29) is 17.5 Å². The first-order valence-electron chi connectivity index (χ1n) is 10.8. The first kappa shape index (κ1) is 22.8. The van der Waals surface area contributed by atoms with Crippen LogP contribution in [0.2, 0.25) is 5.02 Å². The number of anilines is 1. The lowest BCUT2D eigenvalue weighted by atomic mass is 9.99. The fraction of sp³-hybridized carbons (Fsp3) is 0.0769. The van der Waals surface area contributed by atoms with Gasteiger partial charge in [0.1, 0.15) is 11.4 Å². The van der Waals surface area contributed by atoms with E-state index < -0.39 is 5.91 Å². The molecule has 1 aliphatic rings. The van der Waals surface area contributed by atoms with Gasteiger partial charge in [-0.05, 0) is 41.0 Å². The van der Waals surface area contributed by atoms with Crippen LogP contribution in [0.5, 0.6) is 5.75 Å². The molecule has 0 radical (unpaired) electrons. The normalized spacial score (nSPS) is 15.4. The summed E-state index contributed by atoms with van der Waals surface area (Å²) in [5, 5.41) is 23.2. The molecule has 0 saturated carbocycles. The monoisotopic (exact) mass is 501 g/mol. The number of halogens is 1. The molecule has 9 heteroatoms. The summed E-state index contributed by atoms with van der Waals surface area (Å²) in [5.74, 6) is -0.306. The van der Waals surface area contributed by atoms with Gasteiger partial charge in [-0.25, -0.2) is 15.4 Å². The molecule has 7 nitrogen and oxygen atoms in total. The number of carbonyl (C=O) groups is 1. The summed E-state index contributed by atoms with van der Waals surface area (Å²) < 4.78 is 0. The zero-order valence-electron chi connectivity index (χ0n) is 18.4. The molecule has 35 heavy (non-hydrogen) atoms. The Kier molecular flexibility index (Phi) is 6.56. The lowest BCUT2D eigenvalue weighted by molar-refractivity contribution is 0.0951. The van der Waals surface area contributed by atoms with E-state index in [4.69, 9.17) is 16.7 Å². The Labute approximate surface area is 211 Å². The summed E-state index contributed by atoms with van der Waals surface area (Å²) in [7, 11) is 0. The molecule has 0 spiro atoms. The number of aromatic nitrogens is 1. The summed E-state index contributed by atoms with van der Waals surface area (Å²) in [6.07, 6.45) is 2.15. The maximum atomic E-state index is 12.6. The van der Waals surface area contributed by atoms with E-state index in [1.54, 1.807) is 29.6 Å². The van der Waals surface area contributed by atoms with Crippen molar-refractivity contribution in [2.45, 2.75) is 12.5 Å². The van der Waals surface area contributed by atoms with Gasteiger partial charge >= 0.3 is 0 Å². The van der Waals surface area contributed by atoms with E-state index in [9.17, 15) is 9.90 Å². The first-order valence-corrected chi connectivity index (χ1v) is 12.1. The summed E-state index contributed by atoms with van der Waals surface area (Å²) in [6.45, 7) is 0. The van der Waals surface area contributed by atoms with Crippen molar-refractivity contribution < 1.29 is 9.90 Å². The SMILES string of the molecule is O=C(NN=Cc1cccc(O)c1)c1csc(N2N=C(c3ccccc3)CC2c2ccc(Cl)cc2)n1. The molecule has 4 aromatic rings. The van der Waals surface area contributed by atoms with Crippen molar-refractivity contribution in [3.05, 3.63) is 112 Å². The van der Waals surface area contributed by atoms with Crippen molar-refractivity contribution in [2.24, 2.45) is 10.2 Å². The lowest BCUT2D eigenvalue weighted by Crippen LogP contribution is -2.20. The van der Waals surface area contributed by atoms with Gasteiger partial charge < -0.3 is 5.11 Å². The number of hydrogen-bond acceptors (Lipinski definition) is 7. The molecule has 174 valence electrons. The minimum Gasteiger partial charge on any atom is -0.508 e. The molecule has 2 N–H and O–H groups in total. The lowest BCUT2D eigenvalue weighted by Gasteiger charge is -2.21. The van der Waals surface area contributed by atoms with Gasteiger partial charge in [0.15, 0.2) is 0 Å². The standard InChI is InChI=1S/C26H20ClN5O2S/c27-20-11-9-19(10-12-20)24-14-22(18-6-2-1-3-7-18)31-32(24)26-29-23(16-35-26)25(34)30-28-15-17-5-4-8-21(33)13-17/h1-13,15-16,24,33H,14H2,(H,30,34). The molecular weight excluding hydrogens is 482 g/mol. The largest absolute Gasteiger partial charge is 0.508 e. The molecule has 0 bridgehead atoms. The zero-order valence-corrected chi connectivity index (χ0v) is 19.9. The van der Waals surface area contributed by atoms with Crippen molar-refractivity contribution in [1.29, 1.82) is 0 Å². The number of hydrogen-bond donors (Lipinski definition) is 2. The van der Waals surface area contributed by atoms with Crippen LogP contribution in [0, 0.1) is 0 Å². The second-order valence-electron chi connectivity index (χ2n) is 7.84. The molecule has 3 aromatic carbocycles. The van der Waals surface area contributed by atoms with Crippen LogP contribution in [0.4, 0.5) is 5.13 Å². The molecule has 1 unspecified atom stereocenters. The molecule has 1 aromatic heterocycles. The van der Waals surface area contributed by atoms with Crippen molar-refractivity contribution in [2.75, 3.05) is 5.01 Å². The number of nitrogens with one attached hydrogen (secondary N) is 1. The second-order valence-corrected chi connectivity index (χ2v) is 9.11. The fourth-order valence-electron chi connectivity index (χ4n) is 3.74. The molecule has 0 fully saturated rings. The highest BCUT2D eigenvalue weighted by Gasteiger charge is 2.32. The minimum absolute atomic E-state index is 0.0756. The van der Waals surface area contributed by atoms with Gasteiger partial charge in [0.2, 0.25) is 5.13 Å². The number of rotatable bonds is 6. The van der Waals surface area contributed by atoms with Gasteiger partial charge in [0, 0.05) is 16.8 Å². The number of phenols is 1. The smallest absolute Gasteiger partial charge is 0.290 e. The molecule has 1 atom stereocenters. The molecule has 1 amide bonds. The number of phenolic OH excluding ortho intramolecular Hbond substituents is 1. The number of thiazole rings is 1. The average Bonchev–Trinajstić information content (AvgIpc) is 3.53. The Hall–Kier alpha value is -4.01. The third-order valence-electron chi connectivity index (χ3n) is 5.44. The summed E-state index contributed by atoms with van der Waals surface area (Å²) in [4.78, 5) is 17.1. The number of aromatic hydroxyl groups is 1. The van der Waals surface area contributed by atoms with Crippen LogP contribution in [-0.2, 0) is 0 Å². The number of nitrogens with zero attached hydrogens (tertiary/aromatic N) is 4. The Bertz CT molecular complexity index is 1400. The Morgan fingerprint density at radius 1 is 1.11 bits per heavy atom. The number of carbonyl (C=O) groups excluding carboxylic acids is 1. The maximum Gasteiger partial charge on any atom is 0.290 e. The highest BCUT2D eigenvalue weighted by atomic mass is 35.5. The quantitative estimate of drug-likeness (QED) is 0.265. The van der Waals surface area contributed by atoms with E-state index in [2.05, 4.69) is 15.5 Å². The zero-order chi connectivity index (χ0) is 24.2. The van der Waals surface area contributed by atoms with Crippen LogP contribution in [0.3, 0.4) is 0 Å². The van der Waals surface area contributed by atoms with Crippen LogP contribution in [0.25, 0.3) is 0 Å². The van der Waals surface area contributed by atoms with Crippen molar-refractivity contribution in [1.82, 2.24) is 10.4 Å². The van der Waals surface area contributed by atoms with Crippen molar-refractivity contribution in [3.63, 3.8) is 0 Å². The molecular formula is C26H20ClN5O2S. The van der Waals surface area contributed by atoms with Crippen LogP contribution in [-0.4, -0.2) is 27.9 Å². The molecule has 1 aliphatic heterocycles. The topological polar surface area (TPSA) is 90.2 Å². The number of amides is 1. The Morgan fingerprint density at radius 3 is 2.69 bits per heavy atom. The van der Waals surface area contributed by atoms with E-state index in [0.29, 0.717) is 22.1 Å². The maximum absolute atomic E-state index is 12.6. The highest BCUT2D eigenvalue weighted by molar-refractivity contribution is 7.14. The van der Waals surface area contributed by atoms with E-state index in [0.717, 1.165) is 16.8 Å². The van der Waals surface area contributed by atoms with Crippen LogP contribution in [0.15, 0.2) is 94.4 Å². The molecule has 2 heterocycles. The molecule has 0 aliphatic carbocycles. The van der Waals surface area contributed by atoms with Crippen molar-refractivity contribution in [3.8, 4) is 5.75 Å². The third kappa shape index (κ3) is 5.24. The summed E-state index contributed by atoms with van der Waals surface area (Å²) >= 11 is 7.44. The average molecular weight is 502 g/mol. The van der Waals surface area contributed by atoms with E-state index in [1.165, 1.54) is 17.6 Å². The third-order valence-corrected chi connectivity index (χ3v) is 6.53. The minimum atomic E-state index is -0.432. The van der Waals surface area contributed by atoms with Gasteiger partial charge in [0.25, 0.3) is 5.91 Å². The number of hydrazone groups is 2. The summed E-state index contributed by atoms with van der Waals surface area (Å²) in [6, 6.07) is 24.2. The number of benzene rings is 3. The predicted octanol–water partition coefficient (Wildman–Crippen LogP) is 5.62. The Morgan fingerprint density at radius 2 is 1.91 bits per heavy atom. The first-order chi connectivity index (χ1) is 17.1.